The summed E-state index contributed by atoms with van der Waals surface area (Å²) < 4.78 is 6.02. The maximum absolute atomic E-state index is 10.3. The van der Waals surface area contributed by atoms with Gasteiger partial charge in [0.25, 0.3) is 0 Å². The van der Waals surface area contributed by atoms with E-state index in [0.717, 1.165) is 21.3 Å². The van der Waals surface area contributed by atoms with E-state index < -0.39 is 6.10 Å². The van der Waals surface area contributed by atoms with Crippen molar-refractivity contribution in [3.63, 3.8) is 0 Å². The molecule has 0 aromatic heterocycles. The van der Waals surface area contributed by atoms with E-state index in [1.807, 2.05) is 18.2 Å². The van der Waals surface area contributed by atoms with Crippen LogP contribution in [0.3, 0.4) is 0 Å². The van der Waals surface area contributed by atoms with Gasteiger partial charge in [0, 0.05) is 10.9 Å². The number of ether oxygens (including phenoxy) is 1. The van der Waals surface area contributed by atoms with Crippen molar-refractivity contribution in [3.05, 3.63) is 63.6 Å². The van der Waals surface area contributed by atoms with E-state index in [0.29, 0.717) is 6.42 Å². The van der Waals surface area contributed by atoms with Gasteiger partial charge in [-0.1, -0.05) is 51.8 Å². The van der Waals surface area contributed by atoms with Crippen molar-refractivity contribution in [1.29, 1.82) is 0 Å². The van der Waals surface area contributed by atoms with Gasteiger partial charge in [-0.25, -0.2) is 0 Å². The first-order valence-electron chi connectivity index (χ1n) is 6.17. The Morgan fingerprint density at radius 2 is 1.84 bits per heavy atom. The molecule has 19 heavy (non-hydrogen) atoms. The molecule has 0 amide bonds. The Labute approximate surface area is 122 Å². The summed E-state index contributed by atoms with van der Waals surface area (Å²) in [5.41, 5.74) is 3.23. The largest absolute Gasteiger partial charge is 0.497 e. The van der Waals surface area contributed by atoms with Gasteiger partial charge in [-0.15, -0.1) is 0 Å². The van der Waals surface area contributed by atoms with Gasteiger partial charge in [0.2, 0.25) is 0 Å². The van der Waals surface area contributed by atoms with Gasteiger partial charge in [-0.05, 0) is 30.2 Å². The summed E-state index contributed by atoms with van der Waals surface area (Å²) >= 11 is 3.47. The lowest BCUT2D eigenvalue weighted by Gasteiger charge is -2.14. The highest BCUT2D eigenvalue weighted by Crippen LogP contribution is 2.29. The minimum Gasteiger partial charge on any atom is -0.497 e. The molecule has 0 spiro atoms. The molecular weight excluding hydrogens is 304 g/mol. The lowest BCUT2D eigenvalue weighted by molar-refractivity contribution is 0.177. The molecule has 2 rings (SSSR count). The predicted octanol–water partition coefficient (Wildman–Crippen LogP) is 4.04. The predicted molar refractivity (Wildman–Crippen MR) is 80.5 cm³/mol. The third kappa shape index (κ3) is 3.58. The average Bonchev–Trinajstić information content (AvgIpc) is 2.41. The van der Waals surface area contributed by atoms with Gasteiger partial charge in [0.1, 0.15) is 5.75 Å². The summed E-state index contributed by atoms with van der Waals surface area (Å²) in [4.78, 5) is 0. The van der Waals surface area contributed by atoms with Crippen molar-refractivity contribution in [3.8, 4) is 5.75 Å². The minimum atomic E-state index is -0.525. The fourth-order valence-corrected chi connectivity index (χ4v) is 2.58. The maximum atomic E-state index is 10.3. The third-order valence-electron chi connectivity index (χ3n) is 3.12. The summed E-state index contributed by atoms with van der Waals surface area (Å²) in [5.74, 6) is 0.776. The molecule has 0 bridgehead atoms. The molecule has 2 aromatic rings. The van der Waals surface area contributed by atoms with E-state index in [9.17, 15) is 5.11 Å². The molecule has 0 fully saturated rings. The Bertz CT molecular complexity index is 549. The van der Waals surface area contributed by atoms with Crippen molar-refractivity contribution in [2.45, 2.75) is 19.4 Å². The molecule has 0 radical (unpaired) electrons. The molecule has 100 valence electrons. The highest BCUT2D eigenvalue weighted by Gasteiger charge is 2.12. The van der Waals surface area contributed by atoms with Crippen LogP contribution in [0.15, 0.2) is 46.9 Å². The van der Waals surface area contributed by atoms with Gasteiger partial charge < -0.3 is 9.84 Å². The Kier molecular flexibility index (Phi) is 4.61. The number of aryl methyl sites for hydroxylation is 1. The van der Waals surface area contributed by atoms with Crippen LogP contribution in [0.25, 0.3) is 0 Å². The molecule has 0 aliphatic carbocycles. The number of benzene rings is 2. The van der Waals surface area contributed by atoms with Crippen LogP contribution in [0.1, 0.15) is 22.8 Å². The zero-order valence-electron chi connectivity index (χ0n) is 11.1. The average molecular weight is 321 g/mol. The zero-order valence-corrected chi connectivity index (χ0v) is 12.6. The minimum absolute atomic E-state index is 0.525. The first kappa shape index (κ1) is 14.1. The molecular formula is C16H17BrO2. The molecule has 3 heteroatoms. The summed E-state index contributed by atoms with van der Waals surface area (Å²) in [6.45, 7) is 2.06. The van der Waals surface area contributed by atoms with E-state index >= 15 is 0 Å². The van der Waals surface area contributed by atoms with E-state index in [2.05, 4.69) is 47.1 Å². The fraction of sp³-hybridized carbons (Fsp3) is 0.250. The Hall–Kier alpha value is -1.32. The van der Waals surface area contributed by atoms with E-state index in [-0.39, 0.29) is 0 Å². The fourth-order valence-electron chi connectivity index (χ4n) is 1.96. The molecule has 2 nitrogen and oxygen atoms in total. The van der Waals surface area contributed by atoms with Crippen LogP contribution in [-0.4, -0.2) is 12.2 Å². The smallest absolute Gasteiger partial charge is 0.120 e. The van der Waals surface area contributed by atoms with Gasteiger partial charge in [-0.2, -0.15) is 0 Å². The van der Waals surface area contributed by atoms with Crippen LogP contribution in [0, 0.1) is 6.92 Å². The third-order valence-corrected chi connectivity index (χ3v) is 3.80. The van der Waals surface area contributed by atoms with Gasteiger partial charge in [-0.3, -0.25) is 0 Å². The van der Waals surface area contributed by atoms with Crippen molar-refractivity contribution >= 4 is 15.9 Å². The van der Waals surface area contributed by atoms with Crippen LogP contribution in [0.4, 0.5) is 0 Å². The Morgan fingerprint density at radius 1 is 1.16 bits per heavy atom. The quantitative estimate of drug-likeness (QED) is 0.921. The molecule has 1 N–H and O–H groups in total. The van der Waals surface area contributed by atoms with Gasteiger partial charge in [0.05, 0.1) is 13.2 Å². The molecule has 0 heterocycles. The second kappa shape index (κ2) is 6.22. The van der Waals surface area contributed by atoms with E-state index in [1.54, 1.807) is 7.11 Å². The number of aliphatic hydroxyl groups excluding tert-OH is 1. The number of hydrogen-bond acceptors (Lipinski definition) is 2. The number of aliphatic hydroxyl groups is 1. The number of halogens is 1. The standard InChI is InChI=1S/C16H17BrO2/c1-11-3-5-12(6-4-11)9-16(18)14-8-7-13(19-2)10-15(14)17/h3-8,10,16,18H,9H2,1-2H3. The molecule has 0 saturated heterocycles. The Balaban J connectivity index is 2.15. The number of methoxy groups -OCH3 is 1. The van der Waals surface area contributed by atoms with Crippen LogP contribution >= 0.6 is 15.9 Å². The lowest BCUT2D eigenvalue weighted by Crippen LogP contribution is -2.03. The Morgan fingerprint density at radius 3 is 2.42 bits per heavy atom. The second-order valence-corrected chi connectivity index (χ2v) is 5.45. The van der Waals surface area contributed by atoms with Crippen molar-refractivity contribution in [2.24, 2.45) is 0 Å². The molecule has 2 aromatic carbocycles. The molecule has 1 atom stereocenters. The summed E-state index contributed by atoms with van der Waals surface area (Å²) in [5, 5.41) is 10.3. The van der Waals surface area contributed by atoms with Crippen LogP contribution < -0.4 is 4.74 Å². The van der Waals surface area contributed by atoms with Crippen molar-refractivity contribution < 1.29 is 9.84 Å². The van der Waals surface area contributed by atoms with Gasteiger partial charge in [0.15, 0.2) is 0 Å². The first-order valence-corrected chi connectivity index (χ1v) is 6.96. The molecule has 0 aliphatic rings. The van der Waals surface area contributed by atoms with Gasteiger partial charge >= 0.3 is 0 Å². The monoisotopic (exact) mass is 320 g/mol. The van der Waals surface area contributed by atoms with Crippen molar-refractivity contribution in [1.82, 2.24) is 0 Å². The number of rotatable bonds is 4. The molecule has 0 saturated carbocycles. The summed E-state index contributed by atoms with van der Waals surface area (Å²) in [6.07, 6.45) is 0.0774. The highest BCUT2D eigenvalue weighted by molar-refractivity contribution is 9.10. The highest BCUT2D eigenvalue weighted by atomic mass is 79.9. The second-order valence-electron chi connectivity index (χ2n) is 4.59. The van der Waals surface area contributed by atoms with E-state index in [4.69, 9.17) is 4.74 Å². The molecule has 0 aliphatic heterocycles. The van der Waals surface area contributed by atoms with Crippen LogP contribution in [0.2, 0.25) is 0 Å². The summed E-state index contributed by atoms with van der Waals surface area (Å²) in [6, 6.07) is 13.8. The first-order chi connectivity index (χ1) is 9.10. The van der Waals surface area contributed by atoms with Crippen LogP contribution in [0.5, 0.6) is 5.75 Å². The van der Waals surface area contributed by atoms with E-state index in [1.165, 1.54) is 5.56 Å². The lowest BCUT2D eigenvalue weighted by atomic mass is 10.0. The zero-order chi connectivity index (χ0) is 13.8. The maximum Gasteiger partial charge on any atom is 0.120 e. The summed E-state index contributed by atoms with van der Waals surface area (Å²) in [7, 11) is 1.63. The molecule has 1 unspecified atom stereocenters. The number of hydrogen-bond donors (Lipinski definition) is 1. The van der Waals surface area contributed by atoms with Crippen LogP contribution in [-0.2, 0) is 6.42 Å². The van der Waals surface area contributed by atoms with Crippen molar-refractivity contribution in [2.75, 3.05) is 7.11 Å². The SMILES string of the molecule is COc1ccc(C(O)Cc2ccc(C)cc2)c(Br)c1. The normalized spacial score (nSPS) is 12.2. The topological polar surface area (TPSA) is 29.5 Å².